The maximum Gasteiger partial charge on any atom is 0.220 e. The SMILES string of the molecule is C=CC(=C)CC(CC(CN1CCN(Cc2cccnc2)CC1)OC)C(N)=O. The van der Waals surface area contributed by atoms with Crippen LogP contribution in [0.3, 0.4) is 0 Å². The molecule has 2 N–H and O–H groups in total. The molecule has 0 spiro atoms. The molecule has 0 bridgehead atoms. The average molecular weight is 373 g/mol. The third-order valence-electron chi connectivity index (χ3n) is 5.14. The molecular weight excluding hydrogens is 340 g/mol. The molecule has 1 aromatic rings. The molecule has 6 nitrogen and oxygen atoms in total. The molecule has 1 fully saturated rings. The van der Waals surface area contributed by atoms with Gasteiger partial charge in [0.1, 0.15) is 0 Å². The fourth-order valence-electron chi connectivity index (χ4n) is 3.43. The Labute approximate surface area is 162 Å². The molecule has 2 heterocycles. The molecule has 0 saturated carbocycles. The molecule has 27 heavy (non-hydrogen) atoms. The van der Waals surface area contributed by atoms with Crippen molar-refractivity contribution < 1.29 is 9.53 Å². The summed E-state index contributed by atoms with van der Waals surface area (Å²) in [5, 5.41) is 0. The Morgan fingerprint density at radius 2 is 2.07 bits per heavy atom. The number of pyridine rings is 1. The van der Waals surface area contributed by atoms with Crippen LogP contribution in [0.4, 0.5) is 0 Å². The highest BCUT2D eigenvalue weighted by Gasteiger charge is 2.25. The maximum absolute atomic E-state index is 11.8. The third-order valence-corrected chi connectivity index (χ3v) is 5.14. The van der Waals surface area contributed by atoms with Gasteiger partial charge in [-0.1, -0.05) is 30.9 Å². The van der Waals surface area contributed by atoms with E-state index in [0.717, 1.165) is 44.8 Å². The summed E-state index contributed by atoms with van der Waals surface area (Å²) >= 11 is 0. The number of rotatable bonds is 11. The summed E-state index contributed by atoms with van der Waals surface area (Å²) in [4.78, 5) is 20.8. The quantitative estimate of drug-likeness (QED) is 0.600. The summed E-state index contributed by atoms with van der Waals surface area (Å²) in [6.07, 6.45) is 6.53. The van der Waals surface area contributed by atoms with E-state index in [0.29, 0.717) is 12.8 Å². The molecule has 1 aromatic heterocycles. The molecule has 1 aliphatic heterocycles. The topological polar surface area (TPSA) is 71.7 Å². The Hall–Kier alpha value is -2.02. The van der Waals surface area contributed by atoms with Crippen LogP contribution in [0, 0.1) is 5.92 Å². The Morgan fingerprint density at radius 3 is 2.63 bits per heavy atom. The van der Waals surface area contributed by atoms with Gasteiger partial charge in [0.15, 0.2) is 0 Å². The number of aromatic nitrogens is 1. The van der Waals surface area contributed by atoms with Gasteiger partial charge in [-0.25, -0.2) is 0 Å². The monoisotopic (exact) mass is 372 g/mol. The van der Waals surface area contributed by atoms with Gasteiger partial charge in [0.05, 0.1) is 6.10 Å². The zero-order chi connectivity index (χ0) is 19.6. The van der Waals surface area contributed by atoms with Crippen molar-refractivity contribution >= 4 is 5.91 Å². The van der Waals surface area contributed by atoms with Gasteiger partial charge in [0.2, 0.25) is 5.91 Å². The van der Waals surface area contributed by atoms with Crippen molar-refractivity contribution in [1.82, 2.24) is 14.8 Å². The minimum Gasteiger partial charge on any atom is -0.380 e. The fraction of sp³-hybridized carbons (Fsp3) is 0.524. The Bertz CT molecular complexity index is 612. The van der Waals surface area contributed by atoms with Crippen LogP contribution in [-0.4, -0.2) is 66.6 Å². The van der Waals surface area contributed by atoms with Gasteiger partial charge in [-0.2, -0.15) is 0 Å². The molecule has 148 valence electrons. The van der Waals surface area contributed by atoms with Gasteiger partial charge in [-0.15, -0.1) is 0 Å². The van der Waals surface area contributed by atoms with Crippen LogP contribution in [0.1, 0.15) is 18.4 Å². The molecule has 2 atom stereocenters. The zero-order valence-electron chi connectivity index (χ0n) is 16.3. The normalized spacial score (nSPS) is 18.0. The summed E-state index contributed by atoms with van der Waals surface area (Å²) in [6, 6.07) is 4.09. The highest BCUT2D eigenvalue weighted by atomic mass is 16.5. The van der Waals surface area contributed by atoms with Gasteiger partial charge < -0.3 is 10.5 Å². The Kier molecular flexibility index (Phi) is 8.64. The molecule has 0 aliphatic carbocycles. The van der Waals surface area contributed by atoms with Gasteiger partial charge >= 0.3 is 0 Å². The number of allylic oxidation sites excluding steroid dienone is 2. The minimum absolute atomic E-state index is 0.0232. The Balaban J connectivity index is 1.80. The predicted molar refractivity (Wildman–Crippen MR) is 108 cm³/mol. The number of primary amides is 1. The highest BCUT2D eigenvalue weighted by Crippen LogP contribution is 2.19. The second-order valence-corrected chi connectivity index (χ2v) is 7.20. The summed E-state index contributed by atoms with van der Waals surface area (Å²) in [5.41, 5.74) is 7.65. The number of ether oxygens (including phenoxy) is 1. The van der Waals surface area contributed by atoms with E-state index in [-0.39, 0.29) is 17.9 Å². The van der Waals surface area contributed by atoms with E-state index >= 15 is 0 Å². The second-order valence-electron chi connectivity index (χ2n) is 7.20. The van der Waals surface area contributed by atoms with Gasteiger partial charge in [-0.3, -0.25) is 19.6 Å². The minimum atomic E-state index is -0.304. The van der Waals surface area contributed by atoms with E-state index in [4.69, 9.17) is 10.5 Å². The summed E-state index contributed by atoms with van der Waals surface area (Å²) < 4.78 is 5.64. The van der Waals surface area contributed by atoms with Crippen molar-refractivity contribution in [2.24, 2.45) is 11.7 Å². The van der Waals surface area contributed by atoms with E-state index in [1.165, 1.54) is 5.56 Å². The lowest BCUT2D eigenvalue weighted by Gasteiger charge is -2.36. The van der Waals surface area contributed by atoms with Crippen molar-refractivity contribution in [3.63, 3.8) is 0 Å². The smallest absolute Gasteiger partial charge is 0.220 e. The molecular formula is C21H32N4O2. The van der Waals surface area contributed by atoms with Crippen molar-refractivity contribution in [2.75, 3.05) is 39.8 Å². The molecule has 1 amide bonds. The zero-order valence-corrected chi connectivity index (χ0v) is 16.3. The number of methoxy groups -OCH3 is 1. The lowest BCUT2D eigenvalue weighted by atomic mass is 9.93. The number of carbonyl (C=O) groups is 1. The average Bonchev–Trinajstić information content (AvgIpc) is 2.68. The summed E-state index contributed by atoms with van der Waals surface area (Å²) in [5.74, 6) is -0.575. The van der Waals surface area contributed by atoms with E-state index in [2.05, 4.69) is 34.0 Å². The van der Waals surface area contributed by atoms with Gasteiger partial charge in [0, 0.05) is 64.7 Å². The first-order valence-corrected chi connectivity index (χ1v) is 9.47. The lowest BCUT2D eigenvalue weighted by molar-refractivity contribution is -0.123. The van der Waals surface area contributed by atoms with Crippen LogP contribution in [0.2, 0.25) is 0 Å². The van der Waals surface area contributed by atoms with E-state index in [1.54, 1.807) is 19.4 Å². The molecule has 2 rings (SSSR count). The predicted octanol–water partition coefficient (Wildman–Crippen LogP) is 1.84. The van der Waals surface area contributed by atoms with Crippen LogP contribution >= 0.6 is 0 Å². The molecule has 2 unspecified atom stereocenters. The molecule has 0 aromatic carbocycles. The van der Waals surface area contributed by atoms with Crippen LogP contribution in [0.15, 0.2) is 49.3 Å². The van der Waals surface area contributed by atoms with Crippen LogP contribution in [0.5, 0.6) is 0 Å². The summed E-state index contributed by atoms with van der Waals surface area (Å²) in [6.45, 7) is 13.3. The van der Waals surface area contributed by atoms with Crippen molar-refractivity contribution in [2.45, 2.75) is 25.5 Å². The molecule has 0 radical (unpaired) electrons. The van der Waals surface area contributed by atoms with E-state index in [1.807, 2.05) is 12.3 Å². The number of piperazine rings is 1. The van der Waals surface area contributed by atoms with E-state index in [9.17, 15) is 4.79 Å². The van der Waals surface area contributed by atoms with Crippen molar-refractivity contribution in [3.8, 4) is 0 Å². The number of nitrogens with zero attached hydrogens (tertiary/aromatic N) is 3. The van der Waals surface area contributed by atoms with Crippen molar-refractivity contribution in [3.05, 3.63) is 54.9 Å². The number of hydrogen-bond donors (Lipinski definition) is 1. The number of carbonyl (C=O) groups excluding carboxylic acids is 1. The molecule has 6 heteroatoms. The number of amides is 1. The second kappa shape index (κ2) is 11.0. The standard InChI is InChI=1S/C21H32N4O2/c1-4-17(2)12-19(21(22)26)13-20(27-3)16-25-10-8-24(9-11-25)15-18-6-5-7-23-14-18/h4-7,14,19-20H,1-2,8-13,15-16H2,3H3,(H2,22,26). The van der Waals surface area contributed by atoms with Gasteiger partial charge in [0.25, 0.3) is 0 Å². The Morgan fingerprint density at radius 1 is 1.37 bits per heavy atom. The first-order valence-electron chi connectivity index (χ1n) is 9.47. The third kappa shape index (κ3) is 7.25. The number of hydrogen-bond acceptors (Lipinski definition) is 5. The van der Waals surface area contributed by atoms with E-state index < -0.39 is 0 Å². The van der Waals surface area contributed by atoms with Crippen LogP contribution < -0.4 is 5.73 Å². The maximum atomic E-state index is 11.8. The number of nitrogens with two attached hydrogens (primary N) is 1. The lowest BCUT2D eigenvalue weighted by Crippen LogP contribution is -2.48. The first-order chi connectivity index (χ1) is 13.0. The highest BCUT2D eigenvalue weighted by molar-refractivity contribution is 5.77. The molecule has 1 aliphatic rings. The first kappa shape index (κ1) is 21.3. The molecule has 1 saturated heterocycles. The largest absolute Gasteiger partial charge is 0.380 e. The fourth-order valence-corrected chi connectivity index (χ4v) is 3.43. The van der Waals surface area contributed by atoms with Crippen molar-refractivity contribution in [1.29, 1.82) is 0 Å². The van der Waals surface area contributed by atoms with Gasteiger partial charge in [-0.05, 0) is 24.5 Å². The van der Waals surface area contributed by atoms with Crippen LogP contribution in [0.25, 0.3) is 0 Å². The summed E-state index contributed by atoms with van der Waals surface area (Å²) in [7, 11) is 1.70. The van der Waals surface area contributed by atoms with Crippen LogP contribution in [-0.2, 0) is 16.1 Å².